The minimum absolute atomic E-state index is 0.0175. The van der Waals surface area contributed by atoms with Gasteiger partial charge in [0.25, 0.3) is 5.56 Å². The third-order valence-corrected chi connectivity index (χ3v) is 7.11. The van der Waals surface area contributed by atoms with Crippen LogP contribution in [0.15, 0.2) is 35.1 Å². The Morgan fingerprint density at radius 2 is 2.09 bits per heavy atom. The molecule has 2 aliphatic rings. The third-order valence-electron chi connectivity index (χ3n) is 6.81. The van der Waals surface area contributed by atoms with Crippen LogP contribution in [0.25, 0.3) is 11.0 Å². The Morgan fingerprint density at radius 1 is 1.30 bits per heavy atom. The number of fused-ring (bicyclic) bond motifs is 5. The Balaban J connectivity index is 1.55. The van der Waals surface area contributed by atoms with Gasteiger partial charge in [0.2, 0.25) is 5.75 Å². The number of piperazine rings is 1. The number of pyridine rings is 2. The number of rotatable bonds is 2. The van der Waals surface area contributed by atoms with Crippen molar-refractivity contribution >= 4 is 28.3 Å². The number of benzene rings is 1. The lowest BCUT2D eigenvalue weighted by atomic mass is 9.98. The van der Waals surface area contributed by atoms with Crippen LogP contribution in [0.1, 0.15) is 31.1 Å². The van der Waals surface area contributed by atoms with E-state index in [9.17, 15) is 14.4 Å². The van der Waals surface area contributed by atoms with Gasteiger partial charge >= 0.3 is 0 Å². The molecule has 0 bridgehead atoms. The van der Waals surface area contributed by atoms with Gasteiger partial charge in [-0.15, -0.1) is 0 Å². The lowest BCUT2D eigenvalue weighted by molar-refractivity contribution is 0.0916. The lowest BCUT2D eigenvalue weighted by Gasteiger charge is -2.50. The zero-order chi connectivity index (χ0) is 23.4. The van der Waals surface area contributed by atoms with E-state index in [2.05, 4.69) is 34.7 Å². The number of halogens is 2. The van der Waals surface area contributed by atoms with Crippen molar-refractivity contribution in [3.63, 3.8) is 0 Å². The van der Waals surface area contributed by atoms with E-state index in [1.54, 1.807) is 25.2 Å². The van der Waals surface area contributed by atoms with E-state index in [0.717, 1.165) is 5.56 Å². The molecule has 4 heterocycles. The first-order valence-electron chi connectivity index (χ1n) is 10.8. The summed E-state index contributed by atoms with van der Waals surface area (Å²) in [5.41, 5.74) is 2.82. The van der Waals surface area contributed by atoms with Gasteiger partial charge in [-0.1, -0.05) is 17.7 Å². The zero-order valence-electron chi connectivity index (χ0n) is 18.5. The summed E-state index contributed by atoms with van der Waals surface area (Å²) in [5.74, 6) is -0.152. The van der Waals surface area contributed by atoms with E-state index in [-0.39, 0.29) is 40.2 Å². The average molecular weight is 468 g/mol. The summed E-state index contributed by atoms with van der Waals surface area (Å²) in [5, 5.41) is 9.48. The molecule has 7 nitrogen and oxygen atoms in total. The number of anilines is 1. The minimum Gasteiger partial charge on any atom is -0.484 e. The average Bonchev–Trinajstić information content (AvgIpc) is 2.82. The van der Waals surface area contributed by atoms with Crippen LogP contribution in [0.4, 0.5) is 10.1 Å². The molecular formula is C24H23ClFN5O2. The zero-order valence-corrected chi connectivity index (χ0v) is 19.3. The van der Waals surface area contributed by atoms with Gasteiger partial charge in [-0.2, -0.15) is 5.26 Å². The van der Waals surface area contributed by atoms with Crippen LogP contribution in [0.3, 0.4) is 0 Å². The highest BCUT2D eigenvalue weighted by molar-refractivity contribution is 6.30. The Bertz CT molecular complexity index is 1370. The van der Waals surface area contributed by atoms with Gasteiger partial charge in [0.15, 0.2) is 0 Å². The normalized spacial score (nSPS) is 21.2. The fraction of sp³-hybridized carbons (Fsp3) is 0.375. The Labute approximate surface area is 195 Å². The molecule has 0 aliphatic carbocycles. The van der Waals surface area contributed by atoms with E-state index in [1.165, 1.54) is 10.6 Å². The van der Waals surface area contributed by atoms with Crippen molar-refractivity contribution < 1.29 is 9.13 Å². The van der Waals surface area contributed by atoms with E-state index < -0.39 is 5.82 Å². The lowest BCUT2D eigenvalue weighted by Crippen LogP contribution is -2.61. The molecule has 0 radical (unpaired) electrons. The number of hydrogen-bond donors (Lipinski definition) is 0. The molecule has 2 aliphatic heterocycles. The van der Waals surface area contributed by atoms with Crippen molar-refractivity contribution in [3.05, 3.63) is 62.8 Å². The van der Waals surface area contributed by atoms with Crippen molar-refractivity contribution in [3.8, 4) is 11.8 Å². The second-order valence-electron chi connectivity index (χ2n) is 8.73. The van der Waals surface area contributed by atoms with Crippen LogP contribution in [-0.2, 0) is 7.05 Å². The monoisotopic (exact) mass is 467 g/mol. The van der Waals surface area contributed by atoms with Crippen molar-refractivity contribution in [2.45, 2.75) is 32.0 Å². The number of aryl methyl sites for hydroxylation is 1. The van der Waals surface area contributed by atoms with Crippen LogP contribution >= 0.6 is 11.6 Å². The first kappa shape index (κ1) is 21.7. The van der Waals surface area contributed by atoms with Gasteiger partial charge in [0.05, 0.1) is 16.6 Å². The highest BCUT2D eigenvalue weighted by atomic mass is 35.5. The fourth-order valence-corrected chi connectivity index (χ4v) is 5.10. The molecule has 0 saturated carbocycles. The van der Waals surface area contributed by atoms with Crippen LogP contribution in [0, 0.1) is 17.1 Å². The molecule has 0 N–H and O–H groups in total. The second-order valence-corrected chi connectivity index (χ2v) is 9.14. The molecule has 0 unspecified atom stereocenters. The Morgan fingerprint density at radius 3 is 2.82 bits per heavy atom. The molecule has 0 amide bonds. The number of ether oxygens (including phenoxy) is 1. The molecule has 5 rings (SSSR count). The number of nitrogens with zero attached hydrogens (tertiary/aromatic N) is 5. The van der Waals surface area contributed by atoms with E-state index in [4.69, 9.17) is 16.3 Å². The molecule has 1 aromatic carbocycles. The number of aromatic nitrogens is 2. The van der Waals surface area contributed by atoms with Crippen LogP contribution in [0.2, 0.25) is 5.02 Å². The second kappa shape index (κ2) is 8.01. The standard InChI is InChI=1S/C24H23ClFN5O2/c1-13-10-31-17(11-30(13)14(2)15-4-6-18(25)19(26)8-15)12-33-23-22(31)21-20(29(3)24(23)32)7-5-16(9-27)28-21/h4-8,13-14,17H,10-12H2,1-3H3/t13-,14-,17+/m1/s1. The quantitative estimate of drug-likeness (QED) is 0.573. The smallest absolute Gasteiger partial charge is 0.295 e. The predicted molar refractivity (Wildman–Crippen MR) is 124 cm³/mol. The predicted octanol–water partition coefficient (Wildman–Crippen LogP) is 3.63. The van der Waals surface area contributed by atoms with Gasteiger partial charge < -0.3 is 14.2 Å². The van der Waals surface area contributed by atoms with Crippen molar-refractivity contribution in [1.29, 1.82) is 5.26 Å². The fourth-order valence-electron chi connectivity index (χ4n) is 4.99. The highest BCUT2D eigenvalue weighted by Gasteiger charge is 2.40. The van der Waals surface area contributed by atoms with Crippen molar-refractivity contribution in [2.24, 2.45) is 7.05 Å². The molecule has 33 heavy (non-hydrogen) atoms. The molecule has 3 aromatic rings. The largest absolute Gasteiger partial charge is 0.484 e. The Hall–Kier alpha value is -3.15. The first-order valence-corrected chi connectivity index (χ1v) is 11.2. The Kier molecular flexibility index (Phi) is 5.26. The molecule has 2 aromatic heterocycles. The van der Waals surface area contributed by atoms with Gasteiger partial charge in [-0.05, 0) is 43.7 Å². The summed E-state index contributed by atoms with van der Waals surface area (Å²) >= 11 is 5.87. The first-order chi connectivity index (χ1) is 15.8. The van der Waals surface area contributed by atoms with Gasteiger partial charge in [-0.25, -0.2) is 9.37 Å². The van der Waals surface area contributed by atoms with Crippen LogP contribution in [-0.4, -0.2) is 46.2 Å². The summed E-state index contributed by atoms with van der Waals surface area (Å²) in [6.45, 7) is 5.84. The molecular weight excluding hydrogens is 445 g/mol. The number of hydrogen-bond acceptors (Lipinski definition) is 6. The molecule has 1 saturated heterocycles. The van der Waals surface area contributed by atoms with Crippen LogP contribution in [0.5, 0.6) is 5.75 Å². The summed E-state index contributed by atoms with van der Waals surface area (Å²) in [6.07, 6.45) is 0. The maximum absolute atomic E-state index is 14.1. The molecule has 1 fully saturated rings. The highest BCUT2D eigenvalue weighted by Crippen LogP contribution is 2.40. The molecule has 0 spiro atoms. The summed E-state index contributed by atoms with van der Waals surface area (Å²) in [6, 6.07) is 10.4. The third kappa shape index (κ3) is 3.43. The van der Waals surface area contributed by atoms with Crippen molar-refractivity contribution in [2.75, 3.05) is 24.6 Å². The topological polar surface area (TPSA) is 74.4 Å². The van der Waals surface area contributed by atoms with Gasteiger partial charge in [0.1, 0.15) is 35.4 Å². The summed E-state index contributed by atoms with van der Waals surface area (Å²) < 4.78 is 21.6. The maximum Gasteiger partial charge on any atom is 0.295 e. The molecule has 9 heteroatoms. The molecule has 3 atom stereocenters. The van der Waals surface area contributed by atoms with Gasteiger partial charge in [0, 0.05) is 32.2 Å². The van der Waals surface area contributed by atoms with Gasteiger partial charge in [-0.3, -0.25) is 9.69 Å². The summed E-state index contributed by atoms with van der Waals surface area (Å²) in [4.78, 5) is 22.1. The number of nitriles is 1. The van der Waals surface area contributed by atoms with Crippen molar-refractivity contribution in [1.82, 2.24) is 14.5 Å². The van der Waals surface area contributed by atoms with E-state index in [0.29, 0.717) is 36.4 Å². The van der Waals surface area contributed by atoms with E-state index in [1.807, 2.05) is 6.07 Å². The SMILES string of the molecule is C[C@@H]1CN2c3c(c(=O)n(C)c4ccc(C#N)nc34)OC[C@@H]2CN1[C@H](C)c1ccc(Cl)c(F)c1. The molecule has 170 valence electrons. The summed E-state index contributed by atoms with van der Waals surface area (Å²) in [7, 11) is 1.68. The van der Waals surface area contributed by atoms with Crippen LogP contribution < -0.4 is 15.2 Å². The maximum atomic E-state index is 14.1. The minimum atomic E-state index is -0.427. The van der Waals surface area contributed by atoms with E-state index >= 15 is 0 Å².